The van der Waals surface area contributed by atoms with E-state index >= 15 is 0 Å². The van der Waals surface area contributed by atoms with Crippen LogP contribution in [0.4, 0.5) is 0 Å². The number of amides is 1. The number of rotatable bonds is 8. The van der Waals surface area contributed by atoms with Crippen molar-refractivity contribution in [1.82, 2.24) is 4.90 Å². The van der Waals surface area contributed by atoms with Crippen molar-refractivity contribution in [3.8, 4) is 11.5 Å². The van der Waals surface area contributed by atoms with Crippen LogP contribution >= 0.6 is 0 Å². The van der Waals surface area contributed by atoms with E-state index in [9.17, 15) is 4.79 Å². The largest absolute Gasteiger partial charge is 0.486 e. The first-order valence-corrected chi connectivity index (χ1v) is 9.40. The molecule has 24 heavy (non-hydrogen) atoms. The summed E-state index contributed by atoms with van der Waals surface area (Å²) in [5.41, 5.74) is 1.23. The standard InChI is InChI=1S/C20H29NO3/c1-3-9-21(10-4-2)20(22)14-17(15-5-6-15)16-7-8-18-19(13-16)24-12-11-23-18/h7-8,13,15,17H,3-6,9-12,14H2,1-2H3. The van der Waals surface area contributed by atoms with Gasteiger partial charge in [0, 0.05) is 19.5 Å². The number of benzene rings is 1. The van der Waals surface area contributed by atoms with Crippen molar-refractivity contribution < 1.29 is 14.3 Å². The molecule has 1 atom stereocenters. The van der Waals surface area contributed by atoms with Gasteiger partial charge < -0.3 is 14.4 Å². The lowest BCUT2D eigenvalue weighted by molar-refractivity contribution is -0.131. The van der Waals surface area contributed by atoms with Crippen LogP contribution in [0.2, 0.25) is 0 Å². The van der Waals surface area contributed by atoms with E-state index in [-0.39, 0.29) is 0 Å². The molecule has 1 aromatic rings. The fraction of sp³-hybridized carbons (Fsp3) is 0.650. The summed E-state index contributed by atoms with van der Waals surface area (Å²) in [5.74, 6) is 2.90. The number of nitrogens with zero attached hydrogens (tertiary/aromatic N) is 1. The molecule has 1 unspecified atom stereocenters. The van der Waals surface area contributed by atoms with Crippen molar-refractivity contribution in [2.75, 3.05) is 26.3 Å². The number of ether oxygens (including phenoxy) is 2. The van der Waals surface area contributed by atoms with Crippen LogP contribution in [-0.4, -0.2) is 37.1 Å². The summed E-state index contributed by atoms with van der Waals surface area (Å²) in [6.45, 7) is 7.21. The topological polar surface area (TPSA) is 38.8 Å². The van der Waals surface area contributed by atoms with Gasteiger partial charge in [-0.15, -0.1) is 0 Å². The first-order valence-electron chi connectivity index (χ1n) is 9.40. The van der Waals surface area contributed by atoms with Crippen molar-refractivity contribution in [3.05, 3.63) is 23.8 Å². The fourth-order valence-corrected chi connectivity index (χ4v) is 3.56. The van der Waals surface area contributed by atoms with Gasteiger partial charge in [-0.25, -0.2) is 0 Å². The Hall–Kier alpha value is -1.71. The van der Waals surface area contributed by atoms with E-state index in [4.69, 9.17) is 9.47 Å². The zero-order chi connectivity index (χ0) is 16.9. The van der Waals surface area contributed by atoms with Gasteiger partial charge in [0.25, 0.3) is 0 Å². The van der Waals surface area contributed by atoms with Crippen LogP contribution in [0, 0.1) is 5.92 Å². The van der Waals surface area contributed by atoms with Crippen LogP contribution in [0.5, 0.6) is 11.5 Å². The van der Waals surface area contributed by atoms with E-state index in [2.05, 4.69) is 26.0 Å². The molecule has 2 aliphatic rings. The first-order chi connectivity index (χ1) is 11.7. The van der Waals surface area contributed by atoms with Gasteiger partial charge >= 0.3 is 0 Å². The minimum Gasteiger partial charge on any atom is -0.486 e. The van der Waals surface area contributed by atoms with Crippen molar-refractivity contribution in [3.63, 3.8) is 0 Å². The number of carbonyl (C=O) groups is 1. The van der Waals surface area contributed by atoms with E-state index < -0.39 is 0 Å². The highest BCUT2D eigenvalue weighted by Gasteiger charge is 2.35. The van der Waals surface area contributed by atoms with Crippen LogP contribution in [0.1, 0.15) is 57.4 Å². The summed E-state index contributed by atoms with van der Waals surface area (Å²) in [6.07, 6.45) is 5.11. The molecule has 1 amide bonds. The van der Waals surface area contributed by atoms with Gasteiger partial charge in [-0.05, 0) is 55.2 Å². The van der Waals surface area contributed by atoms with Gasteiger partial charge in [0.2, 0.25) is 5.91 Å². The average molecular weight is 331 g/mol. The molecular formula is C20H29NO3. The summed E-state index contributed by atoms with van der Waals surface area (Å²) >= 11 is 0. The molecule has 132 valence electrons. The second-order valence-electron chi connectivity index (χ2n) is 6.93. The Balaban J connectivity index is 1.74. The molecule has 1 fully saturated rings. The van der Waals surface area contributed by atoms with E-state index in [1.54, 1.807) is 0 Å². The Morgan fingerprint density at radius 1 is 1.12 bits per heavy atom. The Labute approximate surface area is 145 Å². The van der Waals surface area contributed by atoms with Gasteiger partial charge in [-0.3, -0.25) is 4.79 Å². The summed E-state index contributed by atoms with van der Waals surface area (Å²) in [5, 5.41) is 0. The van der Waals surface area contributed by atoms with Gasteiger partial charge in [0.15, 0.2) is 11.5 Å². The van der Waals surface area contributed by atoms with Crippen molar-refractivity contribution in [2.45, 2.75) is 51.9 Å². The van der Waals surface area contributed by atoms with Gasteiger partial charge in [-0.1, -0.05) is 19.9 Å². The predicted octanol–water partition coefficient (Wildman–Crippen LogP) is 3.99. The second kappa shape index (κ2) is 7.91. The van der Waals surface area contributed by atoms with E-state index in [0.717, 1.165) is 37.4 Å². The molecule has 4 heteroatoms. The number of hydrogen-bond acceptors (Lipinski definition) is 3. The maximum absolute atomic E-state index is 12.8. The van der Waals surface area contributed by atoms with Crippen molar-refractivity contribution in [2.24, 2.45) is 5.92 Å². The van der Waals surface area contributed by atoms with Gasteiger partial charge in [-0.2, -0.15) is 0 Å². The molecule has 4 nitrogen and oxygen atoms in total. The second-order valence-corrected chi connectivity index (χ2v) is 6.93. The summed E-state index contributed by atoms with van der Waals surface area (Å²) in [4.78, 5) is 14.8. The zero-order valence-corrected chi connectivity index (χ0v) is 14.9. The minimum atomic E-state index is 0.297. The van der Waals surface area contributed by atoms with Crippen LogP contribution in [-0.2, 0) is 4.79 Å². The van der Waals surface area contributed by atoms with Crippen LogP contribution in [0.3, 0.4) is 0 Å². The van der Waals surface area contributed by atoms with E-state index in [0.29, 0.717) is 37.4 Å². The maximum Gasteiger partial charge on any atom is 0.223 e. The summed E-state index contributed by atoms with van der Waals surface area (Å²) < 4.78 is 11.3. The van der Waals surface area contributed by atoms with Crippen LogP contribution in [0.15, 0.2) is 18.2 Å². The molecule has 1 heterocycles. The van der Waals surface area contributed by atoms with E-state index in [1.165, 1.54) is 18.4 Å². The van der Waals surface area contributed by atoms with Gasteiger partial charge in [0.05, 0.1) is 0 Å². The Kier molecular flexibility index (Phi) is 5.64. The molecule has 0 saturated heterocycles. The molecule has 1 aliphatic heterocycles. The fourth-order valence-electron chi connectivity index (χ4n) is 3.56. The minimum absolute atomic E-state index is 0.297. The molecule has 0 aromatic heterocycles. The maximum atomic E-state index is 12.8. The molecule has 0 radical (unpaired) electrons. The predicted molar refractivity (Wildman–Crippen MR) is 94.7 cm³/mol. The lowest BCUT2D eigenvalue weighted by atomic mass is 9.90. The van der Waals surface area contributed by atoms with Crippen molar-refractivity contribution >= 4 is 5.91 Å². The third kappa shape index (κ3) is 4.03. The highest BCUT2D eigenvalue weighted by Crippen LogP contribution is 2.46. The van der Waals surface area contributed by atoms with Crippen LogP contribution < -0.4 is 9.47 Å². The molecule has 1 aliphatic carbocycles. The van der Waals surface area contributed by atoms with Crippen LogP contribution in [0.25, 0.3) is 0 Å². The Morgan fingerprint density at radius 2 is 1.79 bits per heavy atom. The smallest absolute Gasteiger partial charge is 0.223 e. The normalized spacial score (nSPS) is 17.4. The monoisotopic (exact) mass is 331 g/mol. The highest BCUT2D eigenvalue weighted by atomic mass is 16.6. The third-order valence-electron chi connectivity index (χ3n) is 4.92. The molecule has 0 N–H and O–H groups in total. The number of fused-ring (bicyclic) bond motifs is 1. The van der Waals surface area contributed by atoms with E-state index in [1.807, 2.05) is 11.0 Å². The quantitative estimate of drug-likeness (QED) is 0.723. The van der Waals surface area contributed by atoms with Crippen molar-refractivity contribution in [1.29, 1.82) is 0 Å². The molecule has 1 saturated carbocycles. The molecule has 3 rings (SSSR count). The lowest BCUT2D eigenvalue weighted by Gasteiger charge is -2.26. The number of hydrogen-bond donors (Lipinski definition) is 0. The molecule has 0 bridgehead atoms. The summed E-state index contributed by atoms with van der Waals surface area (Å²) in [6, 6.07) is 6.21. The molecule has 1 aromatic carbocycles. The Morgan fingerprint density at radius 3 is 2.42 bits per heavy atom. The third-order valence-corrected chi connectivity index (χ3v) is 4.92. The number of carbonyl (C=O) groups excluding carboxylic acids is 1. The summed E-state index contributed by atoms with van der Waals surface area (Å²) in [7, 11) is 0. The SMILES string of the molecule is CCCN(CCC)C(=O)CC(c1ccc2c(c1)OCCO2)C1CC1. The first kappa shape index (κ1) is 17.1. The Bertz CT molecular complexity index is 562. The van der Waals surface area contributed by atoms with Gasteiger partial charge in [0.1, 0.15) is 13.2 Å². The molecule has 0 spiro atoms. The zero-order valence-electron chi connectivity index (χ0n) is 14.9. The molecular weight excluding hydrogens is 302 g/mol. The highest BCUT2D eigenvalue weighted by molar-refractivity contribution is 5.77. The average Bonchev–Trinajstić information content (AvgIpc) is 3.44. The lowest BCUT2D eigenvalue weighted by Crippen LogP contribution is -2.33.